The van der Waals surface area contributed by atoms with Crippen LogP contribution in [0.4, 0.5) is 17.6 Å². The summed E-state index contributed by atoms with van der Waals surface area (Å²) in [5.74, 6) is -3.97. The number of halogens is 4. The molecule has 0 aliphatic heterocycles. The third-order valence-electron chi connectivity index (χ3n) is 2.90. The minimum Gasteiger partial charge on any atom is -0.325 e. The lowest BCUT2D eigenvalue weighted by Crippen LogP contribution is -2.54. The molecule has 0 saturated heterocycles. The molecular formula is C8H13F4N. The van der Waals surface area contributed by atoms with Gasteiger partial charge in [-0.1, -0.05) is 0 Å². The monoisotopic (exact) mass is 199 g/mol. The van der Waals surface area contributed by atoms with E-state index in [1.54, 1.807) is 0 Å². The summed E-state index contributed by atoms with van der Waals surface area (Å²) in [6.45, 7) is 2.74. The molecule has 0 atom stereocenters. The fourth-order valence-electron chi connectivity index (χ4n) is 1.74. The number of hydrogen-bond donors (Lipinski definition) is 1. The summed E-state index contributed by atoms with van der Waals surface area (Å²) in [6.07, 6.45) is -3.47. The molecule has 1 aliphatic rings. The number of nitrogens with two attached hydrogens (primary N) is 1. The highest BCUT2D eigenvalue weighted by Gasteiger charge is 2.71. The van der Waals surface area contributed by atoms with Gasteiger partial charge in [-0.15, -0.1) is 0 Å². The Balaban J connectivity index is 2.94. The minimum atomic E-state index is -3.97. The lowest BCUT2D eigenvalue weighted by Gasteiger charge is -2.36. The molecule has 1 saturated carbocycles. The normalized spacial score (nSPS) is 22.2. The van der Waals surface area contributed by atoms with E-state index in [1.165, 1.54) is 13.8 Å². The topological polar surface area (TPSA) is 26.0 Å². The van der Waals surface area contributed by atoms with Gasteiger partial charge >= 0.3 is 12.3 Å². The quantitative estimate of drug-likeness (QED) is 0.694. The zero-order valence-electron chi connectivity index (χ0n) is 7.58. The lowest BCUT2D eigenvalue weighted by atomic mass is 9.80. The highest BCUT2D eigenvalue weighted by atomic mass is 19.3. The Morgan fingerprint density at radius 2 is 1.62 bits per heavy atom. The van der Waals surface area contributed by atoms with Crippen molar-refractivity contribution in [2.45, 2.75) is 44.6 Å². The van der Waals surface area contributed by atoms with Crippen molar-refractivity contribution in [1.29, 1.82) is 0 Å². The van der Waals surface area contributed by atoms with Crippen LogP contribution in [0.5, 0.6) is 0 Å². The van der Waals surface area contributed by atoms with Crippen LogP contribution < -0.4 is 5.73 Å². The first kappa shape index (κ1) is 10.8. The molecule has 13 heavy (non-hydrogen) atoms. The fraction of sp³-hybridized carbons (Fsp3) is 1.00. The van der Waals surface area contributed by atoms with Crippen LogP contribution in [-0.4, -0.2) is 17.9 Å². The van der Waals surface area contributed by atoms with E-state index in [-0.39, 0.29) is 12.8 Å². The summed E-state index contributed by atoms with van der Waals surface area (Å²) in [6, 6.07) is 0. The van der Waals surface area contributed by atoms with E-state index in [0.29, 0.717) is 0 Å². The fourth-order valence-corrected chi connectivity index (χ4v) is 1.74. The van der Waals surface area contributed by atoms with Gasteiger partial charge in [-0.05, 0) is 26.7 Å². The van der Waals surface area contributed by atoms with Crippen LogP contribution in [0.1, 0.15) is 26.7 Å². The van der Waals surface area contributed by atoms with E-state index < -0.39 is 23.3 Å². The van der Waals surface area contributed by atoms with Crippen molar-refractivity contribution in [1.82, 2.24) is 0 Å². The van der Waals surface area contributed by atoms with Gasteiger partial charge in [0.1, 0.15) is 0 Å². The first-order valence-corrected chi connectivity index (χ1v) is 4.10. The number of hydrogen-bond acceptors (Lipinski definition) is 1. The van der Waals surface area contributed by atoms with Gasteiger partial charge in [0.2, 0.25) is 0 Å². The van der Waals surface area contributed by atoms with Gasteiger partial charge in [0.05, 0.1) is 5.41 Å². The molecule has 0 spiro atoms. The summed E-state index contributed by atoms with van der Waals surface area (Å²) < 4.78 is 50.3. The Labute approximate surface area is 74.3 Å². The van der Waals surface area contributed by atoms with Crippen molar-refractivity contribution < 1.29 is 17.6 Å². The second kappa shape index (κ2) is 2.59. The molecule has 0 amide bonds. The lowest BCUT2D eigenvalue weighted by molar-refractivity contribution is -0.190. The Kier molecular flexibility index (Phi) is 2.14. The van der Waals surface area contributed by atoms with E-state index in [0.717, 1.165) is 0 Å². The summed E-state index contributed by atoms with van der Waals surface area (Å²) in [7, 11) is 0. The van der Waals surface area contributed by atoms with Crippen molar-refractivity contribution in [2.75, 3.05) is 0 Å². The average Bonchev–Trinajstić information content (AvgIpc) is 2.61. The SMILES string of the molecule is CC(C)(N)C1(C(F)(F)C(F)F)CC1. The van der Waals surface area contributed by atoms with Crippen LogP contribution in [0.3, 0.4) is 0 Å². The molecule has 0 radical (unpaired) electrons. The van der Waals surface area contributed by atoms with Crippen molar-refractivity contribution in [3.8, 4) is 0 Å². The maximum atomic E-state index is 13.1. The number of rotatable bonds is 3. The van der Waals surface area contributed by atoms with Crippen molar-refractivity contribution in [3.63, 3.8) is 0 Å². The molecule has 2 N–H and O–H groups in total. The van der Waals surface area contributed by atoms with Crippen molar-refractivity contribution in [3.05, 3.63) is 0 Å². The molecule has 1 nitrogen and oxygen atoms in total. The molecule has 0 unspecified atom stereocenters. The second-order valence-corrected chi connectivity index (χ2v) is 4.23. The molecule has 1 aliphatic carbocycles. The number of alkyl halides is 4. The van der Waals surface area contributed by atoms with Gasteiger partial charge in [0.15, 0.2) is 0 Å². The van der Waals surface area contributed by atoms with Crippen molar-refractivity contribution >= 4 is 0 Å². The van der Waals surface area contributed by atoms with Crippen molar-refractivity contribution in [2.24, 2.45) is 11.1 Å². The van der Waals surface area contributed by atoms with E-state index >= 15 is 0 Å². The molecule has 1 rings (SSSR count). The smallest absolute Gasteiger partial charge is 0.314 e. The van der Waals surface area contributed by atoms with Gasteiger partial charge < -0.3 is 5.73 Å². The predicted molar refractivity (Wildman–Crippen MR) is 40.9 cm³/mol. The third kappa shape index (κ3) is 1.33. The van der Waals surface area contributed by atoms with E-state index in [2.05, 4.69) is 0 Å². The molecule has 0 aromatic rings. The van der Waals surface area contributed by atoms with Crippen LogP contribution in [-0.2, 0) is 0 Å². The molecular weight excluding hydrogens is 186 g/mol. The van der Waals surface area contributed by atoms with E-state index in [9.17, 15) is 17.6 Å². The molecule has 78 valence electrons. The molecule has 0 aromatic heterocycles. The molecule has 5 heteroatoms. The zero-order valence-corrected chi connectivity index (χ0v) is 7.58. The predicted octanol–water partition coefficient (Wildman–Crippen LogP) is 2.40. The summed E-state index contributed by atoms with van der Waals surface area (Å²) in [5.41, 5.74) is 2.53. The highest BCUT2D eigenvalue weighted by molar-refractivity contribution is 5.15. The van der Waals surface area contributed by atoms with E-state index in [4.69, 9.17) is 5.73 Å². The first-order chi connectivity index (χ1) is 5.65. The van der Waals surface area contributed by atoms with E-state index in [1.807, 2.05) is 0 Å². The first-order valence-electron chi connectivity index (χ1n) is 4.10. The Bertz CT molecular complexity index is 203. The van der Waals surface area contributed by atoms with Gasteiger partial charge in [0.25, 0.3) is 0 Å². The largest absolute Gasteiger partial charge is 0.325 e. The van der Waals surface area contributed by atoms with Gasteiger partial charge in [-0.2, -0.15) is 8.78 Å². The molecule has 0 heterocycles. The van der Waals surface area contributed by atoms with Crippen LogP contribution >= 0.6 is 0 Å². The van der Waals surface area contributed by atoms with Crippen LogP contribution in [0.25, 0.3) is 0 Å². The summed E-state index contributed by atoms with van der Waals surface area (Å²) in [5, 5.41) is 0. The minimum absolute atomic E-state index is 0.0772. The average molecular weight is 199 g/mol. The standard InChI is InChI=1S/C8H13F4N/c1-6(2,13)7(3-4-7)8(11,12)5(9)10/h5H,3-4,13H2,1-2H3. The van der Waals surface area contributed by atoms with Gasteiger partial charge in [-0.25, -0.2) is 8.78 Å². The Morgan fingerprint density at radius 3 is 1.69 bits per heavy atom. The highest BCUT2D eigenvalue weighted by Crippen LogP contribution is 2.63. The third-order valence-corrected chi connectivity index (χ3v) is 2.90. The zero-order chi connectivity index (χ0) is 10.5. The van der Waals surface area contributed by atoms with Crippen LogP contribution in [0.2, 0.25) is 0 Å². The Morgan fingerprint density at radius 1 is 1.23 bits per heavy atom. The maximum absolute atomic E-state index is 13.1. The summed E-state index contributed by atoms with van der Waals surface area (Å²) >= 11 is 0. The Hall–Kier alpha value is -0.320. The summed E-state index contributed by atoms with van der Waals surface area (Å²) in [4.78, 5) is 0. The molecule has 1 fully saturated rings. The van der Waals surface area contributed by atoms with Crippen LogP contribution in [0.15, 0.2) is 0 Å². The molecule has 0 bridgehead atoms. The van der Waals surface area contributed by atoms with Gasteiger partial charge in [-0.3, -0.25) is 0 Å². The second-order valence-electron chi connectivity index (χ2n) is 4.23. The maximum Gasteiger partial charge on any atom is 0.314 e. The van der Waals surface area contributed by atoms with Crippen LogP contribution in [0, 0.1) is 5.41 Å². The van der Waals surface area contributed by atoms with Gasteiger partial charge in [0, 0.05) is 5.54 Å². The molecule has 0 aromatic carbocycles.